The van der Waals surface area contributed by atoms with Crippen LogP contribution < -0.4 is 0 Å². The Hall–Kier alpha value is -0.0662. The first-order valence-electron chi connectivity index (χ1n) is 7.02. The molecule has 0 aromatic heterocycles. The molecule has 0 aromatic rings. The molecule has 98 valence electrons. The van der Waals surface area contributed by atoms with E-state index >= 15 is 0 Å². The molecule has 0 N–H and O–H groups in total. The molecule has 3 aliphatic rings. The van der Waals surface area contributed by atoms with Gasteiger partial charge in [-0.05, 0) is 38.4 Å². The van der Waals surface area contributed by atoms with Crippen molar-refractivity contribution < 1.29 is 8.85 Å². The van der Waals surface area contributed by atoms with Gasteiger partial charge in [0.25, 0.3) is 0 Å². The minimum absolute atomic E-state index is 0.128. The van der Waals surface area contributed by atoms with Crippen molar-refractivity contribution in [1.82, 2.24) is 0 Å². The van der Waals surface area contributed by atoms with E-state index in [1.165, 1.54) is 30.8 Å². The maximum absolute atomic E-state index is 5.51. The minimum atomic E-state index is -1.10. The van der Waals surface area contributed by atoms with Crippen LogP contribution in [0.3, 0.4) is 0 Å². The fourth-order valence-corrected chi connectivity index (χ4v) is 6.64. The lowest BCUT2D eigenvalue weighted by atomic mass is 9.91. The minimum Gasteiger partial charge on any atom is -0.461 e. The lowest BCUT2D eigenvalue weighted by Crippen LogP contribution is -2.26. The molecule has 1 heterocycles. The van der Waals surface area contributed by atoms with Gasteiger partial charge in [-0.15, -0.1) is 0 Å². The van der Waals surface area contributed by atoms with Crippen LogP contribution in [-0.4, -0.2) is 18.1 Å². The number of hydrogen-bond acceptors (Lipinski definition) is 2. The van der Waals surface area contributed by atoms with Crippen molar-refractivity contribution in [3.63, 3.8) is 0 Å². The summed E-state index contributed by atoms with van der Waals surface area (Å²) in [6.45, 7) is 11.2. The van der Waals surface area contributed by atoms with Crippen LogP contribution in [0, 0.1) is 17.8 Å². The van der Waals surface area contributed by atoms with Crippen molar-refractivity contribution in [2.75, 3.05) is 0 Å². The zero-order chi connectivity index (χ0) is 12.6. The topological polar surface area (TPSA) is 21.8 Å². The first-order valence-corrected chi connectivity index (χ1v) is 12.4. The van der Waals surface area contributed by atoms with Crippen LogP contribution in [-0.2, 0) is 8.85 Å². The van der Waals surface area contributed by atoms with Crippen molar-refractivity contribution in [2.45, 2.75) is 52.4 Å². The third-order valence-corrected chi connectivity index (χ3v) is 8.54. The Morgan fingerprint density at radius 2 is 2.00 bits per heavy atom. The van der Waals surface area contributed by atoms with Crippen LogP contribution in [0.15, 0.2) is 11.5 Å². The quantitative estimate of drug-likeness (QED) is 0.734. The Morgan fingerprint density at radius 1 is 1.29 bits per heavy atom. The van der Waals surface area contributed by atoms with Crippen LogP contribution in [0.5, 0.6) is 0 Å². The summed E-state index contributed by atoms with van der Waals surface area (Å²) < 4.78 is 10.9. The number of hydrogen-bond donors (Lipinski definition) is 0. The molecule has 3 unspecified atom stereocenters. The number of rotatable bonds is 3. The van der Waals surface area contributed by atoms with E-state index in [1.54, 1.807) is 0 Å². The third kappa shape index (κ3) is 3.03. The first kappa shape index (κ1) is 13.4. The van der Waals surface area contributed by atoms with Gasteiger partial charge in [0, 0.05) is 11.8 Å². The summed E-state index contributed by atoms with van der Waals surface area (Å²) in [7, 11) is -1.22. The monoisotopic (exact) mass is 270 g/mol. The van der Waals surface area contributed by atoms with Gasteiger partial charge in [0.1, 0.15) is 21.3 Å². The van der Waals surface area contributed by atoms with Crippen LogP contribution >= 0.6 is 0 Å². The van der Waals surface area contributed by atoms with Crippen LogP contribution in [0.2, 0.25) is 26.2 Å². The van der Waals surface area contributed by atoms with E-state index in [2.05, 4.69) is 33.1 Å². The Labute approximate surface area is 109 Å². The molecule has 0 aromatic carbocycles. The lowest BCUT2D eigenvalue weighted by molar-refractivity contribution is 0.324. The maximum atomic E-state index is 5.51. The molecule has 3 atom stereocenters. The van der Waals surface area contributed by atoms with Crippen LogP contribution in [0.4, 0.5) is 0 Å². The molecule has 17 heavy (non-hydrogen) atoms. The molecule has 1 fully saturated rings. The van der Waals surface area contributed by atoms with Gasteiger partial charge in [-0.25, -0.2) is 0 Å². The highest BCUT2D eigenvalue weighted by molar-refractivity contribution is 6.73. The van der Waals surface area contributed by atoms with Crippen molar-refractivity contribution in [2.24, 2.45) is 17.8 Å². The predicted octanol–water partition coefficient (Wildman–Crippen LogP) is 3.26. The van der Waals surface area contributed by atoms with E-state index in [1.807, 2.05) is 0 Å². The van der Waals surface area contributed by atoms with Gasteiger partial charge in [0.05, 0.1) is 0 Å². The molecule has 3 rings (SSSR count). The summed E-state index contributed by atoms with van der Waals surface area (Å²) in [6.07, 6.45) is 4.19. The third-order valence-electron chi connectivity index (χ3n) is 3.93. The summed E-state index contributed by atoms with van der Waals surface area (Å²) in [6, 6.07) is 0. The summed E-state index contributed by atoms with van der Waals surface area (Å²) >= 11 is 0. The van der Waals surface area contributed by atoms with Crippen molar-refractivity contribution in [1.29, 1.82) is 0 Å². The average molecular weight is 271 g/mol. The summed E-state index contributed by atoms with van der Waals surface area (Å²) in [5.41, 5.74) is 0. The Morgan fingerprint density at radius 3 is 2.35 bits per heavy atom. The second-order valence-electron chi connectivity index (χ2n) is 6.32. The van der Waals surface area contributed by atoms with E-state index in [4.69, 9.17) is 8.85 Å². The molecule has 1 aliphatic heterocycles. The highest BCUT2D eigenvalue weighted by Gasteiger charge is 2.54. The molecule has 1 saturated carbocycles. The first-order chi connectivity index (χ1) is 7.96. The smallest absolute Gasteiger partial charge is 0.169 e. The zero-order valence-corrected chi connectivity index (χ0v) is 14.3. The van der Waals surface area contributed by atoms with Crippen LogP contribution in [0.25, 0.3) is 0 Å². The van der Waals surface area contributed by atoms with E-state index in [0.717, 1.165) is 17.8 Å². The molecule has 2 bridgehead atoms. The Balaban J connectivity index is 0.000000139. The van der Waals surface area contributed by atoms with E-state index < -0.39 is 8.32 Å². The Kier molecular flexibility index (Phi) is 3.85. The van der Waals surface area contributed by atoms with Crippen LogP contribution in [0.1, 0.15) is 26.2 Å². The molecule has 0 radical (unpaired) electrons. The summed E-state index contributed by atoms with van der Waals surface area (Å²) in [5, 5.41) is 0. The molecule has 2 nitrogen and oxygen atoms in total. The van der Waals surface area contributed by atoms with E-state index in [-0.39, 0.29) is 9.76 Å². The molecular weight excluding hydrogens is 244 g/mol. The molecule has 0 amide bonds. The van der Waals surface area contributed by atoms with Crippen molar-refractivity contribution >= 4 is 18.1 Å². The molecule has 2 aliphatic carbocycles. The Bertz CT molecular complexity index is 320. The standard InChI is InChI=1S/C9H12O.C4H14OSi2/c1-2-5-3-6-4-7(5)9-8(6)10-9;1-6-5-7(2,3)4/h5-7H,2-4H2,1H3;6H2,1-4H3. The normalized spacial score (nSPS) is 33.6. The fraction of sp³-hybridized carbons (Fsp3) is 0.846. The number of ether oxygens (including phenoxy) is 1. The molecule has 0 spiro atoms. The second kappa shape index (κ2) is 4.90. The number of fused-ring (bicyclic) bond motifs is 4. The molecule has 0 saturated heterocycles. The van der Waals surface area contributed by atoms with Gasteiger partial charge in [0.2, 0.25) is 0 Å². The van der Waals surface area contributed by atoms with E-state index in [0.29, 0.717) is 0 Å². The van der Waals surface area contributed by atoms with Gasteiger partial charge >= 0.3 is 0 Å². The maximum Gasteiger partial charge on any atom is 0.169 e. The zero-order valence-electron chi connectivity index (χ0n) is 11.9. The van der Waals surface area contributed by atoms with Gasteiger partial charge in [-0.3, -0.25) is 0 Å². The SMILES string of the molecule is CCC1CC2CC1C1=C2O1.C[SiH2]O[Si](C)(C)C. The lowest BCUT2D eigenvalue weighted by Gasteiger charge is -2.14. The van der Waals surface area contributed by atoms with E-state index in [9.17, 15) is 0 Å². The highest BCUT2D eigenvalue weighted by atomic mass is 28.4. The number of allylic oxidation sites excluding steroid dienone is 2. The van der Waals surface area contributed by atoms with Crippen molar-refractivity contribution in [3.05, 3.63) is 11.5 Å². The fourth-order valence-electron chi connectivity index (χ4n) is 3.18. The summed E-state index contributed by atoms with van der Waals surface area (Å²) in [5.74, 6) is 5.44. The largest absolute Gasteiger partial charge is 0.461 e. The highest BCUT2D eigenvalue weighted by Crippen LogP contribution is 2.61. The van der Waals surface area contributed by atoms with Crippen molar-refractivity contribution in [3.8, 4) is 0 Å². The second-order valence-corrected chi connectivity index (χ2v) is 12.3. The molecule has 4 heteroatoms. The van der Waals surface area contributed by atoms with Gasteiger partial charge < -0.3 is 8.85 Å². The molecular formula is C13H26O2Si2. The van der Waals surface area contributed by atoms with Gasteiger partial charge in [-0.1, -0.05) is 19.9 Å². The average Bonchev–Trinajstić information content (AvgIpc) is 2.84. The van der Waals surface area contributed by atoms with Gasteiger partial charge in [0.15, 0.2) is 8.32 Å². The van der Waals surface area contributed by atoms with Gasteiger partial charge in [-0.2, -0.15) is 0 Å². The predicted molar refractivity (Wildman–Crippen MR) is 76.9 cm³/mol. The summed E-state index contributed by atoms with van der Waals surface area (Å²) in [4.78, 5) is 0.